The van der Waals surface area contributed by atoms with Crippen molar-refractivity contribution in [1.29, 1.82) is 0 Å². The van der Waals surface area contributed by atoms with Gasteiger partial charge in [0.25, 0.3) is 0 Å². The molecule has 1 atom stereocenters. The predicted molar refractivity (Wildman–Crippen MR) is 258 cm³/mol. The Labute approximate surface area is 377 Å². The molecule has 10 heteroatoms. The molecule has 0 aliphatic heterocycles. The maximum absolute atomic E-state index is 12.3. The third-order valence-corrected chi connectivity index (χ3v) is 11.9. The minimum atomic E-state index is -1.13. The molecule has 0 radical (unpaired) electrons. The number of ether oxygens (including phenoxy) is 2. The summed E-state index contributed by atoms with van der Waals surface area (Å²) in [6, 6.07) is -1.13. The van der Waals surface area contributed by atoms with E-state index in [9.17, 15) is 19.2 Å². The van der Waals surface area contributed by atoms with Gasteiger partial charge in [0, 0.05) is 20.0 Å². The molecule has 0 rings (SSSR count). The van der Waals surface area contributed by atoms with E-state index in [4.69, 9.17) is 20.9 Å². The molecule has 61 heavy (non-hydrogen) atoms. The molecule has 0 aromatic rings. The van der Waals surface area contributed by atoms with E-state index in [-0.39, 0.29) is 12.1 Å². The number of nitrogens with two attached hydrogens (primary N) is 2. The van der Waals surface area contributed by atoms with Crippen molar-refractivity contribution in [2.24, 2.45) is 11.5 Å². The summed E-state index contributed by atoms with van der Waals surface area (Å²) >= 11 is 0. The van der Waals surface area contributed by atoms with Crippen molar-refractivity contribution >= 4 is 24.1 Å². The lowest BCUT2D eigenvalue weighted by molar-refractivity contribution is -0.149. The first kappa shape index (κ1) is 61.0. The van der Waals surface area contributed by atoms with Gasteiger partial charge in [-0.3, -0.25) is 19.7 Å². The molecule has 0 spiro atoms. The van der Waals surface area contributed by atoms with Crippen molar-refractivity contribution < 1.29 is 28.7 Å². The van der Waals surface area contributed by atoms with Crippen LogP contribution in [0.1, 0.15) is 252 Å². The van der Waals surface area contributed by atoms with Crippen LogP contribution in [0.2, 0.25) is 0 Å². The average Bonchev–Trinajstić information content (AvgIpc) is 3.24. The average molecular weight is 867 g/mol. The molecule has 362 valence electrons. The Kier molecular flexibility index (Phi) is 49.0. The number of rotatable bonds is 47. The summed E-state index contributed by atoms with van der Waals surface area (Å²) < 4.78 is 11.3. The van der Waals surface area contributed by atoms with Gasteiger partial charge in [0.1, 0.15) is 12.4 Å². The van der Waals surface area contributed by atoms with E-state index in [1.54, 1.807) is 0 Å². The second-order valence-corrected chi connectivity index (χ2v) is 17.7. The first-order valence-electron chi connectivity index (χ1n) is 25.9. The summed E-state index contributed by atoms with van der Waals surface area (Å²) in [5, 5.41) is 2.86. The highest BCUT2D eigenvalue weighted by Crippen LogP contribution is 2.17. The summed E-state index contributed by atoms with van der Waals surface area (Å²) in [6.07, 6.45) is 42.9. The summed E-state index contributed by atoms with van der Waals surface area (Å²) in [5.41, 5.74) is 10.5. The Morgan fingerprint density at radius 2 is 0.918 bits per heavy atom. The molecule has 2 amide bonds. The second kappa shape index (κ2) is 49.0. The molecule has 10 nitrogen and oxygen atoms in total. The maximum atomic E-state index is 12.3. The van der Waals surface area contributed by atoms with Crippen molar-refractivity contribution in [2.75, 3.05) is 33.3 Å². The summed E-state index contributed by atoms with van der Waals surface area (Å²) in [7, 11) is 1.89. The zero-order valence-corrected chi connectivity index (χ0v) is 40.9. The van der Waals surface area contributed by atoms with Crippen molar-refractivity contribution in [2.45, 2.75) is 271 Å². The molecule has 0 aliphatic rings. The lowest BCUT2D eigenvalue weighted by Gasteiger charge is -2.23. The molecule has 0 saturated heterocycles. The lowest BCUT2D eigenvalue weighted by Crippen LogP contribution is -2.50. The van der Waals surface area contributed by atoms with Crippen molar-refractivity contribution in [3.63, 3.8) is 0 Å². The van der Waals surface area contributed by atoms with Crippen LogP contribution >= 0.6 is 0 Å². The standard InChI is InChI=1S/C33H64N4O5.C18H38O/c1-3-5-6-7-11-16-22-29(4-2)42-30(39)23-17-12-10-14-19-26-37(25-18-13-8-9-15-20-28-38)27-21-24-36-31(32(34)40)33(35)41;1-4-6-8-10-12-14-16-18(19-3)17-15-13-11-9-7-5-2/h28-29,31,36H,3-27H2,1-2H3,(H2,34,40)(H2,35,41);18H,4-17H2,1-3H3. The van der Waals surface area contributed by atoms with Gasteiger partial charge in [0.15, 0.2) is 6.04 Å². The van der Waals surface area contributed by atoms with Gasteiger partial charge in [-0.15, -0.1) is 0 Å². The van der Waals surface area contributed by atoms with Gasteiger partial charge in [0.05, 0.1) is 6.10 Å². The molecular formula is C51H102N4O6. The highest BCUT2D eigenvalue weighted by atomic mass is 16.5. The third-order valence-electron chi connectivity index (χ3n) is 11.9. The fourth-order valence-corrected chi connectivity index (χ4v) is 7.88. The molecule has 0 bridgehead atoms. The van der Waals surface area contributed by atoms with E-state index < -0.39 is 17.9 Å². The number of nitrogens with one attached hydrogen (secondary N) is 1. The number of carbonyl (C=O) groups excluding carboxylic acids is 4. The van der Waals surface area contributed by atoms with Crippen LogP contribution in [0.25, 0.3) is 0 Å². The Bertz CT molecular complexity index is 939. The highest BCUT2D eigenvalue weighted by molar-refractivity contribution is 6.02. The summed E-state index contributed by atoms with van der Waals surface area (Å²) in [4.78, 5) is 47.9. The first-order valence-corrected chi connectivity index (χ1v) is 25.9. The number of carbonyl (C=O) groups is 4. The third kappa shape index (κ3) is 44.4. The van der Waals surface area contributed by atoms with Gasteiger partial charge >= 0.3 is 5.97 Å². The van der Waals surface area contributed by atoms with Crippen LogP contribution in [0.5, 0.6) is 0 Å². The van der Waals surface area contributed by atoms with Gasteiger partial charge in [-0.1, -0.05) is 175 Å². The molecule has 0 fully saturated rings. The molecule has 0 aromatic heterocycles. The predicted octanol–water partition coefficient (Wildman–Crippen LogP) is 12.1. The molecule has 0 heterocycles. The maximum Gasteiger partial charge on any atom is 0.306 e. The number of nitrogens with zero attached hydrogens (tertiary/aromatic N) is 1. The minimum absolute atomic E-state index is 0.0475. The second-order valence-electron chi connectivity index (χ2n) is 17.7. The van der Waals surface area contributed by atoms with Gasteiger partial charge in [-0.2, -0.15) is 0 Å². The van der Waals surface area contributed by atoms with E-state index in [0.29, 0.717) is 25.5 Å². The van der Waals surface area contributed by atoms with Gasteiger partial charge < -0.3 is 30.6 Å². The number of aldehydes is 1. The molecule has 5 N–H and O–H groups in total. The van der Waals surface area contributed by atoms with E-state index in [0.717, 1.165) is 116 Å². The van der Waals surface area contributed by atoms with Crippen LogP contribution in [-0.4, -0.2) is 80.5 Å². The fraction of sp³-hybridized carbons (Fsp3) is 0.922. The summed E-state index contributed by atoms with van der Waals surface area (Å²) in [6.45, 7) is 12.3. The highest BCUT2D eigenvalue weighted by Gasteiger charge is 2.20. The lowest BCUT2D eigenvalue weighted by atomic mass is 10.0. The van der Waals surface area contributed by atoms with Crippen molar-refractivity contribution in [3.05, 3.63) is 0 Å². The molecular weight excluding hydrogens is 765 g/mol. The van der Waals surface area contributed by atoms with E-state index >= 15 is 0 Å². The van der Waals surface area contributed by atoms with Crippen LogP contribution < -0.4 is 16.8 Å². The Morgan fingerprint density at radius 3 is 1.34 bits per heavy atom. The number of esters is 1. The topological polar surface area (TPSA) is 154 Å². The Morgan fingerprint density at radius 1 is 0.525 bits per heavy atom. The minimum Gasteiger partial charge on any atom is -0.462 e. The van der Waals surface area contributed by atoms with Crippen LogP contribution in [0, 0.1) is 0 Å². The number of amides is 2. The quantitative estimate of drug-likeness (QED) is 0.0236. The Hall–Kier alpha value is -2.04. The molecule has 0 saturated carbocycles. The monoisotopic (exact) mass is 867 g/mol. The molecule has 0 aromatic carbocycles. The van der Waals surface area contributed by atoms with Crippen molar-refractivity contribution in [3.8, 4) is 0 Å². The number of methoxy groups -OCH3 is 1. The van der Waals surface area contributed by atoms with E-state index in [1.165, 1.54) is 122 Å². The van der Waals surface area contributed by atoms with Crippen LogP contribution in [-0.2, 0) is 28.7 Å². The number of hydrogen-bond donors (Lipinski definition) is 3. The largest absolute Gasteiger partial charge is 0.462 e. The van der Waals surface area contributed by atoms with Crippen LogP contribution in [0.3, 0.4) is 0 Å². The van der Waals surface area contributed by atoms with Crippen LogP contribution in [0.15, 0.2) is 0 Å². The van der Waals surface area contributed by atoms with Crippen molar-refractivity contribution in [1.82, 2.24) is 10.2 Å². The zero-order valence-electron chi connectivity index (χ0n) is 40.9. The Balaban J connectivity index is 0. The van der Waals surface area contributed by atoms with Gasteiger partial charge in [-0.05, 0) is 90.4 Å². The smallest absolute Gasteiger partial charge is 0.306 e. The number of unbranched alkanes of at least 4 members (excludes halogenated alkanes) is 24. The van der Waals surface area contributed by atoms with E-state index in [2.05, 4.69) is 37.9 Å². The number of hydrogen-bond acceptors (Lipinski definition) is 8. The zero-order chi connectivity index (χ0) is 45.4. The number of primary amides is 2. The van der Waals surface area contributed by atoms with E-state index in [1.807, 2.05) is 7.11 Å². The van der Waals surface area contributed by atoms with Crippen LogP contribution in [0.4, 0.5) is 0 Å². The van der Waals surface area contributed by atoms with Gasteiger partial charge in [0.2, 0.25) is 11.8 Å². The first-order chi connectivity index (χ1) is 29.7. The molecule has 0 aliphatic carbocycles. The SMILES string of the molecule is CCCCCCCCC(CC)OC(=O)CCCCCCCN(CCCCCCCC=O)CCCNC(C(N)=O)C(N)=O.CCCCCCCCC(CCCCCCCC)OC. The normalized spacial score (nSPS) is 11.9. The van der Waals surface area contributed by atoms with Gasteiger partial charge in [-0.25, -0.2) is 0 Å². The summed E-state index contributed by atoms with van der Waals surface area (Å²) in [5.74, 6) is -1.55. The fourth-order valence-electron chi connectivity index (χ4n) is 7.88. The molecule has 1 unspecified atom stereocenters.